The predicted octanol–water partition coefficient (Wildman–Crippen LogP) is 5.91. The average molecular weight is 440 g/mol. The van der Waals surface area contributed by atoms with Crippen molar-refractivity contribution in [3.63, 3.8) is 0 Å². The molecule has 0 saturated carbocycles. The number of halogens is 2. The second-order valence-corrected chi connectivity index (χ2v) is 8.01. The van der Waals surface area contributed by atoms with Gasteiger partial charge in [0.25, 0.3) is 0 Å². The number of aryl methyl sites for hydroxylation is 2. The number of pyridine rings is 1. The van der Waals surface area contributed by atoms with Gasteiger partial charge >= 0.3 is 0 Å². The van der Waals surface area contributed by atoms with Crippen molar-refractivity contribution in [1.29, 1.82) is 0 Å². The van der Waals surface area contributed by atoms with Gasteiger partial charge in [-0.05, 0) is 57.3 Å². The first-order valence-electron chi connectivity index (χ1n) is 7.00. The highest BCUT2D eigenvalue weighted by atomic mass is 79.9. The number of benzene rings is 1. The number of rotatable bonds is 4. The van der Waals surface area contributed by atoms with Crippen molar-refractivity contribution < 1.29 is 0 Å². The number of hydrogen-bond acceptors (Lipinski definition) is 2. The Morgan fingerprint density at radius 3 is 2.50 bits per heavy atom. The lowest BCUT2D eigenvalue weighted by atomic mass is 10.2. The lowest BCUT2D eigenvalue weighted by molar-refractivity contribution is 1.01. The van der Waals surface area contributed by atoms with Gasteiger partial charge in [0.15, 0.2) is 5.65 Å². The van der Waals surface area contributed by atoms with Gasteiger partial charge in [-0.25, -0.2) is 4.98 Å². The molecule has 3 aromatic rings. The van der Waals surface area contributed by atoms with Crippen molar-refractivity contribution in [3.05, 3.63) is 68.0 Å². The molecule has 0 N–H and O–H groups in total. The minimum absolute atomic E-state index is 0.943. The maximum atomic E-state index is 4.54. The van der Waals surface area contributed by atoms with Gasteiger partial charge in [-0.15, -0.1) is 0 Å². The third-order valence-corrected chi connectivity index (χ3v) is 6.05. The van der Waals surface area contributed by atoms with Crippen LogP contribution >= 0.6 is 43.6 Å². The van der Waals surface area contributed by atoms with E-state index in [4.69, 9.17) is 0 Å². The van der Waals surface area contributed by atoms with Crippen molar-refractivity contribution in [2.24, 2.45) is 0 Å². The topological polar surface area (TPSA) is 17.3 Å². The Labute approximate surface area is 151 Å². The van der Waals surface area contributed by atoms with E-state index < -0.39 is 0 Å². The zero-order valence-corrected chi connectivity index (χ0v) is 16.4. The molecule has 0 fully saturated rings. The first kappa shape index (κ1) is 16.1. The summed E-state index contributed by atoms with van der Waals surface area (Å²) in [6.07, 6.45) is 1.97. The molecule has 0 unspecified atom stereocenters. The van der Waals surface area contributed by atoms with Gasteiger partial charge in [0.05, 0.1) is 16.4 Å². The molecular weight excluding hydrogens is 424 g/mol. The van der Waals surface area contributed by atoms with E-state index in [-0.39, 0.29) is 0 Å². The Kier molecular flexibility index (Phi) is 4.95. The second-order valence-electron chi connectivity index (χ2n) is 5.31. The highest BCUT2D eigenvalue weighted by Crippen LogP contribution is 2.28. The average Bonchev–Trinajstić information content (AvgIpc) is 2.92. The van der Waals surface area contributed by atoms with Gasteiger partial charge in [0.2, 0.25) is 0 Å². The van der Waals surface area contributed by atoms with Crippen molar-refractivity contribution in [3.8, 4) is 0 Å². The molecule has 2 nitrogen and oxygen atoms in total. The van der Waals surface area contributed by atoms with Crippen LogP contribution in [0.3, 0.4) is 0 Å². The number of thioether (sulfide) groups is 1. The molecule has 3 rings (SSSR count). The van der Waals surface area contributed by atoms with Crippen LogP contribution < -0.4 is 0 Å². The summed E-state index contributed by atoms with van der Waals surface area (Å²) >= 11 is 9.11. The molecule has 0 aliphatic carbocycles. The van der Waals surface area contributed by atoms with Crippen molar-refractivity contribution in [2.75, 3.05) is 0 Å². The quantitative estimate of drug-likeness (QED) is 0.502. The van der Waals surface area contributed by atoms with Crippen LogP contribution in [-0.4, -0.2) is 9.38 Å². The van der Waals surface area contributed by atoms with Crippen molar-refractivity contribution >= 4 is 49.3 Å². The first-order valence-corrected chi connectivity index (χ1v) is 9.74. The fourth-order valence-electron chi connectivity index (χ4n) is 2.38. The van der Waals surface area contributed by atoms with E-state index in [1.807, 2.05) is 18.0 Å². The van der Waals surface area contributed by atoms with Crippen LogP contribution in [0.1, 0.15) is 22.5 Å². The van der Waals surface area contributed by atoms with Gasteiger partial charge in [-0.3, -0.25) is 4.40 Å². The SMILES string of the molecule is Cc1ccc(CSCc2cnc3c(Br)cc(Br)c(C)n23)cc1. The van der Waals surface area contributed by atoms with E-state index in [0.717, 1.165) is 26.1 Å². The molecule has 0 saturated heterocycles. The Morgan fingerprint density at radius 1 is 1.05 bits per heavy atom. The van der Waals surface area contributed by atoms with Crippen molar-refractivity contribution in [1.82, 2.24) is 9.38 Å². The summed E-state index contributed by atoms with van der Waals surface area (Å²) in [6, 6.07) is 10.8. The maximum Gasteiger partial charge on any atom is 0.151 e. The maximum absolute atomic E-state index is 4.54. The van der Waals surface area contributed by atoms with Gasteiger partial charge in [0.1, 0.15) is 0 Å². The number of aromatic nitrogens is 2. The second kappa shape index (κ2) is 6.77. The summed E-state index contributed by atoms with van der Waals surface area (Å²) in [5.41, 5.74) is 6.06. The number of imidazole rings is 1. The molecule has 114 valence electrons. The van der Waals surface area contributed by atoms with Crippen LogP contribution in [0, 0.1) is 13.8 Å². The molecule has 0 atom stereocenters. The first-order chi connectivity index (χ1) is 10.6. The summed E-state index contributed by atoms with van der Waals surface area (Å²) in [6.45, 7) is 4.23. The number of nitrogens with zero attached hydrogens (tertiary/aromatic N) is 2. The highest BCUT2D eigenvalue weighted by Gasteiger charge is 2.11. The molecule has 0 radical (unpaired) electrons. The molecule has 5 heteroatoms. The molecule has 0 spiro atoms. The Hall–Kier alpha value is -0.780. The van der Waals surface area contributed by atoms with Gasteiger partial charge in [-0.2, -0.15) is 11.8 Å². The minimum Gasteiger partial charge on any atom is -0.298 e. The van der Waals surface area contributed by atoms with E-state index in [1.165, 1.54) is 22.5 Å². The summed E-state index contributed by atoms with van der Waals surface area (Å²) in [5, 5.41) is 0. The molecule has 0 amide bonds. The Morgan fingerprint density at radius 2 is 1.77 bits per heavy atom. The zero-order valence-electron chi connectivity index (χ0n) is 12.4. The Bertz CT molecular complexity index is 810. The molecule has 2 aromatic heterocycles. The third kappa shape index (κ3) is 3.26. The van der Waals surface area contributed by atoms with Crippen LogP contribution in [0.2, 0.25) is 0 Å². The number of hydrogen-bond donors (Lipinski definition) is 0. The normalized spacial score (nSPS) is 11.3. The summed E-state index contributed by atoms with van der Waals surface area (Å²) < 4.78 is 4.32. The molecule has 2 heterocycles. The summed E-state index contributed by atoms with van der Waals surface area (Å²) in [5.74, 6) is 1.96. The molecule has 0 aliphatic heterocycles. The van der Waals surface area contributed by atoms with Gasteiger partial charge in [0, 0.05) is 21.7 Å². The van der Waals surface area contributed by atoms with Crippen LogP contribution in [0.25, 0.3) is 5.65 Å². The standard InChI is InChI=1S/C17H16Br2N2S/c1-11-3-5-13(6-4-11)9-22-10-14-8-20-17-16(19)7-15(18)12(2)21(14)17/h3-8H,9-10H2,1-2H3. The molecule has 22 heavy (non-hydrogen) atoms. The number of fused-ring (bicyclic) bond motifs is 1. The fourth-order valence-corrected chi connectivity index (χ4v) is 4.54. The smallest absolute Gasteiger partial charge is 0.151 e. The Balaban J connectivity index is 1.78. The van der Waals surface area contributed by atoms with E-state index in [0.29, 0.717) is 0 Å². The molecule has 0 aliphatic rings. The van der Waals surface area contributed by atoms with E-state index in [1.54, 1.807) is 0 Å². The molecule has 1 aromatic carbocycles. The van der Waals surface area contributed by atoms with Crippen LogP contribution in [-0.2, 0) is 11.5 Å². The highest BCUT2D eigenvalue weighted by molar-refractivity contribution is 9.11. The molecule has 0 bridgehead atoms. The van der Waals surface area contributed by atoms with Crippen molar-refractivity contribution in [2.45, 2.75) is 25.4 Å². The lowest BCUT2D eigenvalue weighted by Gasteiger charge is -2.09. The minimum atomic E-state index is 0.943. The lowest BCUT2D eigenvalue weighted by Crippen LogP contribution is -1.98. The molecular formula is C17H16Br2N2S. The van der Waals surface area contributed by atoms with E-state index in [9.17, 15) is 0 Å². The van der Waals surface area contributed by atoms with E-state index >= 15 is 0 Å². The van der Waals surface area contributed by atoms with Gasteiger partial charge < -0.3 is 0 Å². The van der Waals surface area contributed by atoms with E-state index in [2.05, 4.69) is 85.4 Å². The van der Waals surface area contributed by atoms with Gasteiger partial charge in [-0.1, -0.05) is 29.8 Å². The summed E-state index contributed by atoms with van der Waals surface area (Å²) in [7, 11) is 0. The summed E-state index contributed by atoms with van der Waals surface area (Å²) in [4.78, 5) is 4.54. The van der Waals surface area contributed by atoms with Crippen LogP contribution in [0.4, 0.5) is 0 Å². The van der Waals surface area contributed by atoms with Crippen LogP contribution in [0.5, 0.6) is 0 Å². The predicted molar refractivity (Wildman–Crippen MR) is 102 cm³/mol. The zero-order chi connectivity index (χ0) is 15.7. The monoisotopic (exact) mass is 438 g/mol. The fraction of sp³-hybridized carbons (Fsp3) is 0.235. The largest absolute Gasteiger partial charge is 0.298 e. The third-order valence-electron chi connectivity index (χ3n) is 3.62. The van der Waals surface area contributed by atoms with Crippen LogP contribution in [0.15, 0.2) is 45.5 Å².